The molecule has 1 atom stereocenters. The van der Waals surface area contributed by atoms with E-state index in [0.717, 1.165) is 38.8 Å². The SMILES string of the molecule is CC1(N(Cc2ccccc2)Cc2ccccc2)CCCCC1=O. The molecule has 23 heavy (non-hydrogen) atoms. The second kappa shape index (κ2) is 7.10. The molecule has 0 aliphatic heterocycles. The largest absolute Gasteiger partial charge is 0.298 e. The molecule has 0 amide bonds. The number of benzene rings is 2. The van der Waals surface area contributed by atoms with Crippen molar-refractivity contribution in [1.82, 2.24) is 4.90 Å². The summed E-state index contributed by atoms with van der Waals surface area (Å²) in [6.07, 6.45) is 3.86. The van der Waals surface area contributed by atoms with Crippen molar-refractivity contribution in [3.63, 3.8) is 0 Å². The molecule has 0 radical (unpaired) electrons. The normalized spacial score (nSPS) is 21.6. The molecule has 1 unspecified atom stereocenters. The topological polar surface area (TPSA) is 20.3 Å². The van der Waals surface area contributed by atoms with E-state index in [2.05, 4.69) is 60.4 Å². The lowest BCUT2D eigenvalue weighted by Gasteiger charge is -2.42. The highest BCUT2D eigenvalue weighted by atomic mass is 16.1. The van der Waals surface area contributed by atoms with Crippen LogP contribution in [0.5, 0.6) is 0 Å². The van der Waals surface area contributed by atoms with E-state index in [1.165, 1.54) is 11.1 Å². The lowest BCUT2D eigenvalue weighted by atomic mass is 9.80. The monoisotopic (exact) mass is 307 g/mol. The van der Waals surface area contributed by atoms with E-state index in [4.69, 9.17) is 0 Å². The van der Waals surface area contributed by atoms with E-state index in [1.54, 1.807) is 0 Å². The molecule has 1 saturated carbocycles. The first-order chi connectivity index (χ1) is 11.2. The van der Waals surface area contributed by atoms with Gasteiger partial charge in [0, 0.05) is 19.5 Å². The van der Waals surface area contributed by atoms with Gasteiger partial charge in [-0.15, -0.1) is 0 Å². The molecule has 0 saturated heterocycles. The second-order valence-electron chi connectivity index (χ2n) is 6.73. The maximum Gasteiger partial charge on any atom is 0.152 e. The number of carbonyl (C=O) groups excluding carboxylic acids is 1. The Labute approximate surface area is 139 Å². The van der Waals surface area contributed by atoms with Crippen molar-refractivity contribution in [2.24, 2.45) is 0 Å². The summed E-state index contributed by atoms with van der Waals surface area (Å²) < 4.78 is 0. The molecule has 3 rings (SSSR count). The van der Waals surface area contributed by atoms with Gasteiger partial charge in [-0.1, -0.05) is 67.1 Å². The Morgan fingerprint density at radius 2 is 1.39 bits per heavy atom. The number of Topliss-reactive ketones (excluding diaryl/α,β-unsaturated/α-hetero) is 1. The van der Waals surface area contributed by atoms with Gasteiger partial charge in [0.25, 0.3) is 0 Å². The van der Waals surface area contributed by atoms with Gasteiger partial charge >= 0.3 is 0 Å². The smallest absolute Gasteiger partial charge is 0.152 e. The summed E-state index contributed by atoms with van der Waals surface area (Å²) in [5.74, 6) is 0.399. The molecule has 0 spiro atoms. The van der Waals surface area contributed by atoms with Gasteiger partial charge in [-0.3, -0.25) is 9.69 Å². The fourth-order valence-corrected chi connectivity index (χ4v) is 3.51. The van der Waals surface area contributed by atoms with Crippen LogP contribution in [-0.4, -0.2) is 16.2 Å². The van der Waals surface area contributed by atoms with Crippen molar-refractivity contribution in [2.75, 3.05) is 0 Å². The van der Waals surface area contributed by atoms with Crippen molar-refractivity contribution in [3.8, 4) is 0 Å². The molecule has 1 aliphatic rings. The summed E-state index contributed by atoms with van der Waals surface area (Å²) >= 11 is 0. The maximum absolute atomic E-state index is 12.7. The third-order valence-electron chi connectivity index (χ3n) is 5.05. The van der Waals surface area contributed by atoms with Gasteiger partial charge in [0.2, 0.25) is 0 Å². The summed E-state index contributed by atoms with van der Waals surface area (Å²) in [6, 6.07) is 21.0. The Balaban J connectivity index is 1.87. The first-order valence-electron chi connectivity index (χ1n) is 8.55. The molecule has 2 heteroatoms. The standard InChI is InChI=1S/C21H25NO/c1-21(15-9-8-14-20(21)23)22(16-18-10-4-2-5-11-18)17-19-12-6-3-7-13-19/h2-7,10-13H,8-9,14-17H2,1H3. The van der Waals surface area contributed by atoms with E-state index in [9.17, 15) is 4.79 Å². The zero-order chi connectivity index (χ0) is 16.1. The first kappa shape index (κ1) is 15.9. The first-order valence-corrected chi connectivity index (χ1v) is 8.55. The van der Waals surface area contributed by atoms with Gasteiger partial charge < -0.3 is 0 Å². The number of ketones is 1. The van der Waals surface area contributed by atoms with Crippen molar-refractivity contribution in [3.05, 3.63) is 71.8 Å². The quantitative estimate of drug-likeness (QED) is 0.805. The molecule has 0 heterocycles. The lowest BCUT2D eigenvalue weighted by Crippen LogP contribution is -2.53. The highest BCUT2D eigenvalue weighted by molar-refractivity contribution is 5.88. The van der Waals surface area contributed by atoms with E-state index >= 15 is 0 Å². The van der Waals surface area contributed by atoms with Crippen LogP contribution in [0, 0.1) is 0 Å². The second-order valence-corrected chi connectivity index (χ2v) is 6.73. The summed E-state index contributed by atoms with van der Waals surface area (Å²) in [7, 11) is 0. The predicted octanol–water partition coefficient (Wildman–Crippen LogP) is 4.59. The molecule has 2 nitrogen and oxygen atoms in total. The van der Waals surface area contributed by atoms with Crippen molar-refractivity contribution in [1.29, 1.82) is 0 Å². The lowest BCUT2D eigenvalue weighted by molar-refractivity contribution is -0.134. The van der Waals surface area contributed by atoms with E-state index in [-0.39, 0.29) is 5.54 Å². The average molecular weight is 307 g/mol. The zero-order valence-corrected chi connectivity index (χ0v) is 13.9. The average Bonchev–Trinajstić information content (AvgIpc) is 2.59. The van der Waals surface area contributed by atoms with Crippen LogP contribution >= 0.6 is 0 Å². The number of carbonyl (C=O) groups is 1. The third kappa shape index (κ3) is 3.70. The molecule has 0 N–H and O–H groups in total. The maximum atomic E-state index is 12.7. The number of hydrogen-bond acceptors (Lipinski definition) is 2. The predicted molar refractivity (Wildman–Crippen MR) is 94.0 cm³/mol. The minimum Gasteiger partial charge on any atom is -0.298 e. The van der Waals surface area contributed by atoms with E-state index in [0.29, 0.717) is 5.78 Å². The molecule has 2 aromatic rings. The van der Waals surface area contributed by atoms with Gasteiger partial charge in [-0.2, -0.15) is 0 Å². The highest BCUT2D eigenvalue weighted by Gasteiger charge is 2.40. The van der Waals surface area contributed by atoms with Crippen molar-refractivity contribution >= 4 is 5.78 Å². The minimum atomic E-state index is -0.343. The summed E-state index contributed by atoms with van der Waals surface area (Å²) in [5, 5.41) is 0. The Morgan fingerprint density at radius 1 is 0.870 bits per heavy atom. The molecule has 1 fully saturated rings. The van der Waals surface area contributed by atoms with Crippen LogP contribution in [-0.2, 0) is 17.9 Å². The third-order valence-corrected chi connectivity index (χ3v) is 5.05. The molecule has 1 aliphatic carbocycles. The molecular weight excluding hydrogens is 282 g/mol. The van der Waals surface area contributed by atoms with E-state index in [1.807, 2.05) is 12.1 Å². The Bertz CT molecular complexity index is 596. The fraction of sp³-hybridized carbons (Fsp3) is 0.381. The van der Waals surface area contributed by atoms with Gasteiger partial charge in [0.05, 0.1) is 5.54 Å². The summed E-state index contributed by atoms with van der Waals surface area (Å²) in [4.78, 5) is 15.1. The Morgan fingerprint density at radius 3 is 1.87 bits per heavy atom. The molecule has 2 aromatic carbocycles. The van der Waals surface area contributed by atoms with Crippen LogP contribution in [0.25, 0.3) is 0 Å². The number of rotatable bonds is 5. The van der Waals surface area contributed by atoms with Crippen molar-refractivity contribution in [2.45, 2.75) is 51.2 Å². The molecule has 120 valence electrons. The van der Waals surface area contributed by atoms with Gasteiger partial charge in [-0.05, 0) is 30.9 Å². The zero-order valence-electron chi connectivity index (χ0n) is 13.9. The molecule has 0 aromatic heterocycles. The fourth-order valence-electron chi connectivity index (χ4n) is 3.51. The summed E-state index contributed by atoms with van der Waals surface area (Å²) in [6.45, 7) is 3.77. The van der Waals surface area contributed by atoms with Crippen LogP contribution in [0.3, 0.4) is 0 Å². The number of hydrogen-bond donors (Lipinski definition) is 0. The summed E-state index contributed by atoms with van der Waals surface area (Å²) in [5.41, 5.74) is 2.19. The van der Waals surface area contributed by atoms with Gasteiger partial charge in [-0.25, -0.2) is 0 Å². The Hall–Kier alpha value is -1.93. The molecular formula is C21H25NO. The van der Waals surface area contributed by atoms with Crippen LogP contribution in [0.15, 0.2) is 60.7 Å². The van der Waals surface area contributed by atoms with Crippen LogP contribution in [0.4, 0.5) is 0 Å². The van der Waals surface area contributed by atoms with E-state index < -0.39 is 0 Å². The van der Waals surface area contributed by atoms with Crippen molar-refractivity contribution < 1.29 is 4.79 Å². The van der Waals surface area contributed by atoms with Gasteiger partial charge in [0.15, 0.2) is 5.78 Å². The van der Waals surface area contributed by atoms with Crippen LogP contribution < -0.4 is 0 Å². The van der Waals surface area contributed by atoms with Crippen LogP contribution in [0.1, 0.15) is 43.7 Å². The molecule has 0 bridgehead atoms. The number of nitrogens with zero attached hydrogens (tertiary/aromatic N) is 1. The minimum absolute atomic E-state index is 0.343. The van der Waals surface area contributed by atoms with Gasteiger partial charge in [0.1, 0.15) is 0 Å². The van der Waals surface area contributed by atoms with Crippen LogP contribution in [0.2, 0.25) is 0 Å². The highest BCUT2D eigenvalue weighted by Crippen LogP contribution is 2.33. The Kier molecular flexibility index (Phi) is 4.92.